The molecule has 1 atom stereocenters. The molecule has 98 valence electrons. The highest BCUT2D eigenvalue weighted by molar-refractivity contribution is 4.72. The monoisotopic (exact) mass is 230 g/mol. The van der Waals surface area contributed by atoms with E-state index < -0.39 is 0 Å². The summed E-state index contributed by atoms with van der Waals surface area (Å²) in [5, 5.41) is 3.50. The molecule has 3 nitrogen and oxygen atoms in total. The Bertz CT molecular complexity index is 160. The lowest BCUT2D eigenvalue weighted by molar-refractivity contribution is 0.0981. The molecule has 0 bridgehead atoms. The number of methoxy groups -OCH3 is 1. The lowest BCUT2D eigenvalue weighted by Crippen LogP contribution is -2.45. The highest BCUT2D eigenvalue weighted by atomic mass is 16.5. The molecule has 1 N–H and O–H groups in total. The number of hydrogen-bond donors (Lipinski definition) is 1. The molecular weight excluding hydrogens is 200 g/mol. The largest absolute Gasteiger partial charge is 0.383 e. The first-order valence-electron chi connectivity index (χ1n) is 6.37. The van der Waals surface area contributed by atoms with Crippen molar-refractivity contribution < 1.29 is 4.74 Å². The Kier molecular flexibility index (Phi) is 8.90. The van der Waals surface area contributed by atoms with E-state index in [4.69, 9.17) is 4.74 Å². The summed E-state index contributed by atoms with van der Waals surface area (Å²) in [6.45, 7) is 13.0. The van der Waals surface area contributed by atoms with Gasteiger partial charge in [0.05, 0.1) is 6.61 Å². The van der Waals surface area contributed by atoms with Gasteiger partial charge in [0.25, 0.3) is 0 Å². The summed E-state index contributed by atoms with van der Waals surface area (Å²) in [6.07, 6.45) is 0. The second-order valence-electron chi connectivity index (χ2n) is 5.49. The van der Waals surface area contributed by atoms with Gasteiger partial charge in [-0.25, -0.2) is 0 Å². The highest BCUT2D eigenvalue weighted by Gasteiger charge is 2.15. The Morgan fingerprint density at radius 2 is 1.69 bits per heavy atom. The normalized spacial score (nSPS) is 14.1. The Morgan fingerprint density at radius 3 is 2.12 bits per heavy atom. The molecule has 0 amide bonds. The van der Waals surface area contributed by atoms with Gasteiger partial charge in [0, 0.05) is 26.2 Å². The molecule has 0 aliphatic carbocycles. The molecule has 0 fully saturated rings. The molecule has 0 aromatic rings. The van der Waals surface area contributed by atoms with Crippen LogP contribution in [0, 0.1) is 11.8 Å². The standard InChI is InChI=1S/C13H30N2O/c1-11(2)7-14-8-13(10-16-6)15(5)9-12(3)4/h11-14H,7-10H2,1-6H3. The summed E-state index contributed by atoms with van der Waals surface area (Å²) in [5.41, 5.74) is 0. The Morgan fingerprint density at radius 1 is 1.06 bits per heavy atom. The van der Waals surface area contributed by atoms with Gasteiger partial charge in [-0.2, -0.15) is 0 Å². The fraction of sp³-hybridized carbons (Fsp3) is 1.00. The summed E-state index contributed by atoms with van der Waals surface area (Å²) in [6, 6.07) is 0.478. The number of hydrogen-bond acceptors (Lipinski definition) is 3. The van der Waals surface area contributed by atoms with Crippen LogP contribution in [0.2, 0.25) is 0 Å². The predicted octanol–water partition coefficient (Wildman–Crippen LogP) is 1.83. The molecular formula is C13H30N2O. The maximum Gasteiger partial charge on any atom is 0.0630 e. The number of ether oxygens (including phenoxy) is 1. The zero-order chi connectivity index (χ0) is 12.6. The number of rotatable bonds is 9. The predicted molar refractivity (Wildman–Crippen MR) is 70.8 cm³/mol. The van der Waals surface area contributed by atoms with Gasteiger partial charge in [0.15, 0.2) is 0 Å². The van der Waals surface area contributed by atoms with Crippen molar-refractivity contribution in [3.63, 3.8) is 0 Å². The fourth-order valence-electron chi connectivity index (χ4n) is 1.80. The number of nitrogens with one attached hydrogen (secondary N) is 1. The van der Waals surface area contributed by atoms with Crippen molar-refractivity contribution in [3.05, 3.63) is 0 Å². The highest BCUT2D eigenvalue weighted by Crippen LogP contribution is 2.02. The van der Waals surface area contributed by atoms with Crippen molar-refractivity contribution >= 4 is 0 Å². The lowest BCUT2D eigenvalue weighted by atomic mass is 10.1. The minimum Gasteiger partial charge on any atom is -0.383 e. The van der Waals surface area contributed by atoms with Gasteiger partial charge >= 0.3 is 0 Å². The van der Waals surface area contributed by atoms with E-state index in [0.29, 0.717) is 17.9 Å². The third kappa shape index (κ3) is 8.08. The Labute approximate surface area is 102 Å². The smallest absolute Gasteiger partial charge is 0.0630 e. The second-order valence-corrected chi connectivity index (χ2v) is 5.49. The van der Waals surface area contributed by atoms with Crippen LogP contribution in [0.15, 0.2) is 0 Å². The van der Waals surface area contributed by atoms with Crippen LogP contribution in [0.1, 0.15) is 27.7 Å². The van der Waals surface area contributed by atoms with Crippen LogP contribution in [-0.4, -0.2) is 51.3 Å². The van der Waals surface area contributed by atoms with Crippen molar-refractivity contribution in [1.29, 1.82) is 0 Å². The summed E-state index contributed by atoms with van der Waals surface area (Å²) < 4.78 is 5.28. The number of likely N-dealkylation sites (N-methyl/N-ethyl adjacent to an activating group) is 1. The van der Waals surface area contributed by atoms with Crippen LogP contribution < -0.4 is 5.32 Å². The minimum atomic E-state index is 0.478. The molecule has 3 heteroatoms. The third-order valence-electron chi connectivity index (χ3n) is 2.57. The van der Waals surface area contributed by atoms with Gasteiger partial charge in [-0.05, 0) is 25.4 Å². The van der Waals surface area contributed by atoms with Gasteiger partial charge < -0.3 is 10.1 Å². The van der Waals surface area contributed by atoms with Crippen molar-refractivity contribution in [1.82, 2.24) is 10.2 Å². The average molecular weight is 230 g/mol. The lowest BCUT2D eigenvalue weighted by Gasteiger charge is -2.29. The van der Waals surface area contributed by atoms with Gasteiger partial charge in [-0.3, -0.25) is 4.90 Å². The molecule has 0 aromatic carbocycles. The van der Waals surface area contributed by atoms with Crippen molar-refractivity contribution in [3.8, 4) is 0 Å². The van der Waals surface area contributed by atoms with E-state index in [-0.39, 0.29) is 0 Å². The minimum absolute atomic E-state index is 0.478. The van der Waals surface area contributed by atoms with E-state index in [1.165, 1.54) is 0 Å². The molecule has 0 rings (SSSR count). The van der Waals surface area contributed by atoms with E-state index in [1.807, 2.05) is 0 Å². The second kappa shape index (κ2) is 8.97. The van der Waals surface area contributed by atoms with Crippen LogP contribution in [0.5, 0.6) is 0 Å². The Balaban J connectivity index is 3.94. The van der Waals surface area contributed by atoms with Gasteiger partial charge in [0.2, 0.25) is 0 Å². The van der Waals surface area contributed by atoms with Crippen molar-refractivity contribution in [2.75, 3.05) is 40.4 Å². The zero-order valence-corrected chi connectivity index (χ0v) is 11.9. The molecule has 0 heterocycles. The molecule has 0 radical (unpaired) electrons. The van der Waals surface area contributed by atoms with E-state index >= 15 is 0 Å². The fourth-order valence-corrected chi connectivity index (χ4v) is 1.80. The molecule has 0 aromatic heterocycles. The zero-order valence-electron chi connectivity index (χ0n) is 11.9. The number of nitrogens with zero attached hydrogens (tertiary/aromatic N) is 1. The van der Waals surface area contributed by atoms with Gasteiger partial charge in [0.1, 0.15) is 0 Å². The SMILES string of the molecule is COCC(CNCC(C)C)N(C)CC(C)C. The third-order valence-corrected chi connectivity index (χ3v) is 2.57. The maximum atomic E-state index is 5.28. The van der Waals surface area contributed by atoms with E-state index in [0.717, 1.165) is 26.2 Å². The van der Waals surface area contributed by atoms with Gasteiger partial charge in [-0.1, -0.05) is 27.7 Å². The summed E-state index contributed by atoms with van der Waals surface area (Å²) in [7, 11) is 3.96. The average Bonchev–Trinajstić information content (AvgIpc) is 2.14. The molecule has 0 spiro atoms. The van der Waals surface area contributed by atoms with Crippen LogP contribution in [0.25, 0.3) is 0 Å². The Hall–Kier alpha value is -0.120. The van der Waals surface area contributed by atoms with E-state index in [2.05, 4.69) is 45.0 Å². The first kappa shape index (κ1) is 15.9. The van der Waals surface area contributed by atoms with Gasteiger partial charge in [-0.15, -0.1) is 0 Å². The van der Waals surface area contributed by atoms with Crippen LogP contribution in [0.4, 0.5) is 0 Å². The van der Waals surface area contributed by atoms with E-state index in [1.54, 1.807) is 7.11 Å². The first-order chi connectivity index (χ1) is 7.47. The summed E-state index contributed by atoms with van der Waals surface area (Å²) in [4.78, 5) is 2.39. The summed E-state index contributed by atoms with van der Waals surface area (Å²) in [5.74, 6) is 1.41. The van der Waals surface area contributed by atoms with Crippen LogP contribution >= 0.6 is 0 Å². The molecule has 0 saturated heterocycles. The van der Waals surface area contributed by atoms with Crippen molar-refractivity contribution in [2.45, 2.75) is 33.7 Å². The van der Waals surface area contributed by atoms with Crippen LogP contribution in [0.3, 0.4) is 0 Å². The van der Waals surface area contributed by atoms with Crippen LogP contribution in [-0.2, 0) is 4.74 Å². The van der Waals surface area contributed by atoms with Crippen molar-refractivity contribution in [2.24, 2.45) is 11.8 Å². The molecule has 0 aliphatic heterocycles. The maximum absolute atomic E-state index is 5.28. The molecule has 0 aliphatic rings. The summed E-state index contributed by atoms with van der Waals surface area (Å²) >= 11 is 0. The molecule has 0 saturated carbocycles. The topological polar surface area (TPSA) is 24.5 Å². The molecule has 1 unspecified atom stereocenters. The van der Waals surface area contributed by atoms with E-state index in [9.17, 15) is 0 Å². The quantitative estimate of drug-likeness (QED) is 0.654. The first-order valence-corrected chi connectivity index (χ1v) is 6.37. The molecule has 16 heavy (non-hydrogen) atoms.